The maximum Gasteiger partial charge on any atom is 0.222 e. The molecule has 26 heavy (non-hydrogen) atoms. The van der Waals surface area contributed by atoms with E-state index in [0.29, 0.717) is 13.0 Å². The standard InChI is InChI=1S/C20H22N4OS/c1-3-17(25)24-10-9-15-16(11-24)26-20-18(15)19(21-12-22-20)23-13(2)14-7-5-4-6-8-14/h4-8,12-13H,3,9-11H2,1-2H3,(H,21,22,23)/t13-/m1/s1. The quantitative estimate of drug-likeness (QED) is 0.753. The third kappa shape index (κ3) is 3.05. The lowest BCUT2D eigenvalue weighted by Gasteiger charge is -2.27. The molecular formula is C20H22N4OS. The number of fused-ring (bicyclic) bond motifs is 3. The van der Waals surface area contributed by atoms with Crippen molar-refractivity contribution in [1.82, 2.24) is 14.9 Å². The Labute approximate surface area is 157 Å². The number of anilines is 1. The smallest absolute Gasteiger partial charge is 0.222 e. The minimum atomic E-state index is 0.159. The second-order valence-corrected chi connectivity index (χ2v) is 7.69. The molecule has 0 saturated heterocycles. The van der Waals surface area contributed by atoms with E-state index in [1.807, 2.05) is 17.9 Å². The summed E-state index contributed by atoms with van der Waals surface area (Å²) >= 11 is 1.68. The zero-order valence-corrected chi connectivity index (χ0v) is 15.8. The summed E-state index contributed by atoms with van der Waals surface area (Å²) in [5, 5.41) is 4.68. The van der Waals surface area contributed by atoms with Crippen LogP contribution < -0.4 is 5.32 Å². The van der Waals surface area contributed by atoms with E-state index in [1.54, 1.807) is 17.7 Å². The normalized spacial score (nSPS) is 14.9. The van der Waals surface area contributed by atoms with Crippen LogP contribution in [-0.2, 0) is 17.8 Å². The van der Waals surface area contributed by atoms with Crippen molar-refractivity contribution in [1.29, 1.82) is 0 Å². The number of nitrogens with zero attached hydrogens (tertiary/aromatic N) is 3. The molecule has 1 aliphatic heterocycles. The number of nitrogens with one attached hydrogen (secondary N) is 1. The molecule has 1 aliphatic rings. The highest BCUT2D eigenvalue weighted by atomic mass is 32.1. The lowest BCUT2D eigenvalue weighted by Crippen LogP contribution is -2.34. The number of thiophene rings is 1. The van der Waals surface area contributed by atoms with Gasteiger partial charge in [-0.2, -0.15) is 0 Å². The molecule has 0 saturated carbocycles. The predicted molar refractivity (Wildman–Crippen MR) is 105 cm³/mol. The molecule has 0 aliphatic carbocycles. The van der Waals surface area contributed by atoms with Gasteiger partial charge in [-0.05, 0) is 24.5 Å². The largest absolute Gasteiger partial charge is 0.363 e. The van der Waals surface area contributed by atoms with Crippen molar-refractivity contribution in [2.24, 2.45) is 0 Å². The molecule has 3 heterocycles. The first-order chi connectivity index (χ1) is 12.7. The van der Waals surface area contributed by atoms with E-state index in [4.69, 9.17) is 0 Å². The molecule has 1 aromatic carbocycles. The highest BCUT2D eigenvalue weighted by Crippen LogP contribution is 2.38. The van der Waals surface area contributed by atoms with Crippen LogP contribution in [0.4, 0.5) is 5.82 Å². The monoisotopic (exact) mass is 366 g/mol. The molecule has 4 rings (SSSR count). The zero-order chi connectivity index (χ0) is 18.1. The molecule has 0 fully saturated rings. The van der Waals surface area contributed by atoms with Gasteiger partial charge in [0.1, 0.15) is 17.0 Å². The van der Waals surface area contributed by atoms with Gasteiger partial charge in [-0.25, -0.2) is 9.97 Å². The lowest BCUT2D eigenvalue weighted by molar-refractivity contribution is -0.131. The van der Waals surface area contributed by atoms with E-state index >= 15 is 0 Å². The van der Waals surface area contributed by atoms with Crippen LogP contribution in [0.5, 0.6) is 0 Å². The summed E-state index contributed by atoms with van der Waals surface area (Å²) in [6, 6.07) is 10.5. The van der Waals surface area contributed by atoms with Crippen molar-refractivity contribution >= 4 is 33.3 Å². The van der Waals surface area contributed by atoms with Gasteiger partial charge in [-0.15, -0.1) is 11.3 Å². The van der Waals surface area contributed by atoms with E-state index in [0.717, 1.165) is 29.0 Å². The number of amides is 1. The Kier molecular flexibility index (Phi) is 4.59. The Morgan fingerprint density at radius 1 is 1.31 bits per heavy atom. The molecule has 1 N–H and O–H groups in total. The zero-order valence-electron chi connectivity index (χ0n) is 15.0. The van der Waals surface area contributed by atoms with E-state index < -0.39 is 0 Å². The summed E-state index contributed by atoms with van der Waals surface area (Å²) in [5.74, 6) is 1.11. The van der Waals surface area contributed by atoms with Gasteiger partial charge < -0.3 is 10.2 Å². The predicted octanol–water partition coefficient (Wildman–Crippen LogP) is 4.16. The van der Waals surface area contributed by atoms with Crippen LogP contribution >= 0.6 is 11.3 Å². The van der Waals surface area contributed by atoms with Crippen LogP contribution in [0.3, 0.4) is 0 Å². The topological polar surface area (TPSA) is 58.1 Å². The molecule has 5 nitrogen and oxygen atoms in total. The van der Waals surface area contributed by atoms with E-state index in [2.05, 4.69) is 46.5 Å². The number of hydrogen-bond acceptors (Lipinski definition) is 5. The fraction of sp³-hybridized carbons (Fsp3) is 0.350. The number of carbonyl (C=O) groups excluding carboxylic acids is 1. The first-order valence-corrected chi connectivity index (χ1v) is 9.83. The Morgan fingerprint density at radius 2 is 2.12 bits per heavy atom. The Morgan fingerprint density at radius 3 is 2.88 bits per heavy atom. The molecule has 1 amide bonds. The molecular weight excluding hydrogens is 344 g/mol. The Balaban J connectivity index is 1.67. The van der Waals surface area contributed by atoms with Gasteiger partial charge in [-0.3, -0.25) is 4.79 Å². The summed E-state index contributed by atoms with van der Waals surface area (Å²) in [7, 11) is 0. The number of aromatic nitrogens is 2. The van der Waals surface area contributed by atoms with Crippen molar-refractivity contribution in [2.45, 2.75) is 39.3 Å². The molecule has 0 spiro atoms. The van der Waals surface area contributed by atoms with Gasteiger partial charge in [0, 0.05) is 23.9 Å². The third-order valence-corrected chi connectivity index (χ3v) is 6.07. The van der Waals surface area contributed by atoms with Crippen molar-refractivity contribution < 1.29 is 4.79 Å². The van der Waals surface area contributed by atoms with Gasteiger partial charge in [-0.1, -0.05) is 37.3 Å². The number of benzene rings is 1. The van der Waals surface area contributed by atoms with Gasteiger partial charge in [0.15, 0.2) is 0 Å². The molecule has 0 bridgehead atoms. The van der Waals surface area contributed by atoms with Crippen LogP contribution in [0.15, 0.2) is 36.7 Å². The maximum absolute atomic E-state index is 12.1. The highest BCUT2D eigenvalue weighted by molar-refractivity contribution is 7.19. The minimum absolute atomic E-state index is 0.159. The van der Waals surface area contributed by atoms with Gasteiger partial charge in [0.2, 0.25) is 5.91 Å². The molecule has 6 heteroatoms. The van der Waals surface area contributed by atoms with Crippen LogP contribution in [0.2, 0.25) is 0 Å². The number of carbonyl (C=O) groups is 1. The fourth-order valence-corrected chi connectivity index (χ4v) is 4.71. The Hall–Kier alpha value is -2.47. The molecule has 2 aromatic heterocycles. The van der Waals surface area contributed by atoms with E-state index in [9.17, 15) is 4.79 Å². The van der Waals surface area contributed by atoms with E-state index in [-0.39, 0.29) is 11.9 Å². The summed E-state index contributed by atoms with van der Waals surface area (Å²) in [5.41, 5.74) is 2.52. The average molecular weight is 366 g/mol. The van der Waals surface area contributed by atoms with Gasteiger partial charge in [0.05, 0.1) is 11.9 Å². The van der Waals surface area contributed by atoms with Crippen LogP contribution in [0, 0.1) is 0 Å². The van der Waals surface area contributed by atoms with Gasteiger partial charge in [0.25, 0.3) is 0 Å². The second-order valence-electron chi connectivity index (χ2n) is 6.60. The average Bonchev–Trinajstić information content (AvgIpc) is 3.06. The van der Waals surface area contributed by atoms with Crippen LogP contribution in [-0.4, -0.2) is 27.3 Å². The summed E-state index contributed by atoms with van der Waals surface area (Å²) in [6.07, 6.45) is 3.05. The summed E-state index contributed by atoms with van der Waals surface area (Å²) in [6.45, 7) is 5.52. The van der Waals surface area contributed by atoms with Crippen molar-refractivity contribution in [3.63, 3.8) is 0 Å². The Bertz CT molecular complexity index is 938. The first-order valence-electron chi connectivity index (χ1n) is 9.02. The number of hydrogen-bond donors (Lipinski definition) is 1. The first kappa shape index (κ1) is 17.0. The molecule has 0 radical (unpaired) electrons. The van der Waals surface area contributed by atoms with Crippen molar-refractivity contribution in [3.8, 4) is 0 Å². The second kappa shape index (κ2) is 7.03. The minimum Gasteiger partial charge on any atom is -0.363 e. The van der Waals surface area contributed by atoms with Crippen molar-refractivity contribution in [2.75, 3.05) is 11.9 Å². The van der Waals surface area contributed by atoms with Crippen LogP contribution in [0.25, 0.3) is 10.2 Å². The van der Waals surface area contributed by atoms with Crippen molar-refractivity contribution in [3.05, 3.63) is 52.7 Å². The third-order valence-electron chi connectivity index (χ3n) is 4.94. The summed E-state index contributed by atoms with van der Waals surface area (Å²) < 4.78 is 0. The maximum atomic E-state index is 12.1. The SMILES string of the molecule is CCC(=O)N1CCc2c(sc3ncnc(N[C@H](C)c4ccccc4)c23)C1. The molecule has 3 aromatic rings. The molecule has 0 unspecified atom stereocenters. The molecule has 134 valence electrons. The molecule has 1 atom stereocenters. The van der Waals surface area contributed by atoms with E-state index in [1.165, 1.54) is 16.0 Å². The lowest BCUT2D eigenvalue weighted by atomic mass is 10.0. The van der Waals surface area contributed by atoms with Gasteiger partial charge >= 0.3 is 0 Å². The summed E-state index contributed by atoms with van der Waals surface area (Å²) in [4.78, 5) is 25.2. The fourth-order valence-electron chi connectivity index (χ4n) is 3.50. The van der Waals surface area contributed by atoms with Crippen LogP contribution in [0.1, 0.15) is 42.3 Å². The number of rotatable bonds is 4. The highest BCUT2D eigenvalue weighted by Gasteiger charge is 2.25.